The molecule has 0 unspecified atom stereocenters. The van der Waals surface area contributed by atoms with Gasteiger partial charge in [-0.1, -0.05) is 19.3 Å². The van der Waals surface area contributed by atoms with Gasteiger partial charge in [0.05, 0.1) is 12.2 Å². The molecule has 7 heteroatoms. The molecule has 0 amide bonds. The highest BCUT2D eigenvalue weighted by atomic mass is 19.4. The minimum atomic E-state index is -4.76. The summed E-state index contributed by atoms with van der Waals surface area (Å²) in [4.78, 5) is 0. The quantitative estimate of drug-likeness (QED) is 0.892. The number of halogens is 3. The molecule has 1 aliphatic carbocycles. The summed E-state index contributed by atoms with van der Waals surface area (Å²) in [6.07, 6.45) is 4.18. The van der Waals surface area contributed by atoms with Gasteiger partial charge in [0.15, 0.2) is 0 Å². The molecular weight excluding hydrogens is 309 g/mol. The third-order valence-corrected chi connectivity index (χ3v) is 4.06. The normalized spacial score (nSPS) is 16.5. The Labute approximate surface area is 131 Å². The van der Waals surface area contributed by atoms with Gasteiger partial charge in [-0.05, 0) is 31.0 Å². The number of aromatic nitrogens is 2. The largest absolute Gasteiger partial charge is 0.573 e. The molecule has 23 heavy (non-hydrogen) atoms. The zero-order valence-electron chi connectivity index (χ0n) is 12.4. The zero-order chi connectivity index (χ0) is 16.4. The lowest BCUT2D eigenvalue weighted by molar-refractivity contribution is -0.274. The Morgan fingerprint density at radius 2 is 1.91 bits per heavy atom. The van der Waals surface area contributed by atoms with Gasteiger partial charge in [0, 0.05) is 17.3 Å². The minimum Gasteiger partial charge on any atom is -0.507 e. The average molecular weight is 326 g/mol. The van der Waals surface area contributed by atoms with Crippen LogP contribution in [0.2, 0.25) is 0 Å². The first-order valence-corrected chi connectivity index (χ1v) is 7.56. The van der Waals surface area contributed by atoms with Crippen LogP contribution in [0.3, 0.4) is 0 Å². The van der Waals surface area contributed by atoms with E-state index in [0.717, 1.165) is 31.7 Å². The number of phenolic OH excluding ortho intramolecular Hbond substituents is 1. The first kappa shape index (κ1) is 15.7. The van der Waals surface area contributed by atoms with E-state index in [-0.39, 0.29) is 17.1 Å². The van der Waals surface area contributed by atoms with Crippen molar-refractivity contribution in [3.05, 3.63) is 30.6 Å². The molecule has 1 fully saturated rings. The van der Waals surface area contributed by atoms with E-state index < -0.39 is 6.36 Å². The molecular formula is C16H17F3N2O2. The van der Waals surface area contributed by atoms with Gasteiger partial charge in [-0.15, -0.1) is 13.2 Å². The van der Waals surface area contributed by atoms with Crippen molar-refractivity contribution in [2.45, 2.75) is 44.5 Å². The van der Waals surface area contributed by atoms with Gasteiger partial charge in [-0.3, -0.25) is 4.68 Å². The lowest BCUT2D eigenvalue weighted by Crippen LogP contribution is -2.17. The van der Waals surface area contributed by atoms with E-state index in [1.165, 1.54) is 18.6 Å². The monoisotopic (exact) mass is 326 g/mol. The molecule has 2 aromatic rings. The summed E-state index contributed by atoms with van der Waals surface area (Å²) in [5, 5.41) is 14.2. The van der Waals surface area contributed by atoms with Crippen LogP contribution in [0.4, 0.5) is 13.2 Å². The molecule has 1 N–H and O–H groups in total. The second-order valence-electron chi connectivity index (χ2n) is 5.73. The van der Waals surface area contributed by atoms with Crippen LogP contribution in [0, 0.1) is 0 Å². The van der Waals surface area contributed by atoms with Gasteiger partial charge in [-0.2, -0.15) is 5.10 Å². The van der Waals surface area contributed by atoms with Crippen LogP contribution in [-0.2, 0) is 0 Å². The number of rotatable bonds is 3. The molecule has 1 aliphatic rings. The van der Waals surface area contributed by atoms with E-state index in [0.29, 0.717) is 11.6 Å². The van der Waals surface area contributed by atoms with Crippen LogP contribution in [0.5, 0.6) is 11.5 Å². The van der Waals surface area contributed by atoms with E-state index in [1.54, 1.807) is 12.4 Å². The van der Waals surface area contributed by atoms with E-state index in [4.69, 9.17) is 0 Å². The van der Waals surface area contributed by atoms with E-state index >= 15 is 0 Å². The Morgan fingerprint density at radius 3 is 2.61 bits per heavy atom. The molecule has 1 heterocycles. The average Bonchev–Trinajstić information content (AvgIpc) is 2.98. The molecule has 1 aromatic heterocycles. The predicted octanol–water partition coefficient (Wildman–Crippen LogP) is 4.66. The molecule has 0 aliphatic heterocycles. The summed E-state index contributed by atoms with van der Waals surface area (Å²) in [5.41, 5.74) is 0.842. The molecule has 1 aromatic carbocycles. The fourth-order valence-electron chi connectivity index (χ4n) is 2.97. The van der Waals surface area contributed by atoms with Gasteiger partial charge < -0.3 is 9.84 Å². The van der Waals surface area contributed by atoms with Crippen molar-refractivity contribution < 1.29 is 23.0 Å². The maximum Gasteiger partial charge on any atom is 0.573 e. The lowest BCUT2D eigenvalue weighted by Gasteiger charge is -2.21. The first-order chi connectivity index (χ1) is 10.9. The Hall–Kier alpha value is -2.18. The fourth-order valence-corrected chi connectivity index (χ4v) is 2.97. The highest BCUT2D eigenvalue weighted by Gasteiger charge is 2.31. The van der Waals surface area contributed by atoms with Crippen molar-refractivity contribution in [3.8, 4) is 22.6 Å². The standard InChI is InChI=1S/C16H17F3N2O2/c17-16(18,19)23-13-6-7-15(22)14(8-13)11-9-20-21(10-11)12-4-2-1-3-5-12/h6-10,12,22H,1-5H2. The van der Waals surface area contributed by atoms with E-state index in [9.17, 15) is 18.3 Å². The van der Waals surface area contributed by atoms with Crippen molar-refractivity contribution in [2.24, 2.45) is 0 Å². The second kappa shape index (κ2) is 6.14. The molecule has 0 radical (unpaired) electrons. The topological polar surface area (TPSA) is 47.3 Å². The molecule has 0 bridgehead atoms. The Morgan fingerprint density at radius 1 is 1.17 bits per heavy atom. The lowest BCUT2D eigenvalue weighted by atomic mass is 9.96. The van der Waals surface area contributed by atoms with Gasteiger partial charge in [0.1, 0.15) is 11.5 Å². The number of benzene rings is 1. The number of phenols is 1. The molecule has 124 valence electrons. The number of nitrogens with zero attached hydrogens (tertiary/aromatic N) is 2. The number of hydrogen-bond acceptors (Lipinski definition) is 3. The number of aromatic hydroxyl groups is 1. The van der Waals surface area contributed by atoms with Crippen molar-refractivity contribution in [2.75, 3.05) is 0 Å². The van der Waals surface area contributed by atoms with Gasteiger partial charge in [0.2, 0.25) is 0 Å². The SMILES string of the molecule is Oc1ccc(OC(F)(F)F)cc1-c1cnn(C2CCCCC2)c1. The van der Waals surface area contributed by atoms with Crippen LogP contribution in [0.15, 0.2) is 30.6 Å². The molecule has 0 spiro atoms. The highest BCUT2D eigenvalue weighted by molar-refractivity contribution is 5.70. The molecule has 0 atom stereocenters. The van der Waals surface area contributed by atoms with Crippen molar-refractivity contribution >= 4 is 0 Å². The fraction of sp³-hybridized carbons (Fsp3) is 0.438. The summed E-state index contributed by atoms with van der Waals surface area (Å²) in [5.74, 6) is -0.474. The minimum absolute atomic E-state index is 0.109. The van der Waals surface area contributed by atoms with E-state index in [2.05, 4.69) is 9.84 Å². The molecule has 1 saturated carbocycles. The highest BCUT2D eigenvalue weighted by Crippen LogP contribution is 2.35. The Kier molecular flexibility index (Phi) is 4.19. The molecule has 0 saturated heterocycles. The third kappa shape index (κ3) is 3.78. The third-order valence-electron chi connectivity index (χ3n) is 4.06. The summed E-state index contributed by atoms with van der Waals surface area (Å²) in [7, 11) is 0. The predicted molar refractivity (Wildman–Crippen MR) is 78.1 cm³/mol. The second-order valence-corrected chi connectivity index (χ2v) is 5.73. The summed E-state index contributed by atoms with van der Waals surface area (Å²) < 4.78 is 42.7. The maximum absolute atomic E-state index is 12.3. The van der Waals surface area contributed by atoms with Crippen LogP contribution < -0.4 is 4.74 Å². The van der Waals surface area contributed by atoms with Crippen molar-refractivity contribution in [1.82, 2.24) is 9.78 Å². The van der Waals surface area contributed by atoms with Crippen LogP contribution in [-0.4, -0.2) is 21.2 Å². The summed E-state index contributed by atoms with van der Waals surface area (Å²) in [6.45, 7) is 0. The van der Waals surface area contributed by atoms with Gasteiger partial charge in [-0.25, -0.2) is 0 Å². The number of hydrogen-bond donors (Lipinski definition) is 1. The smallest absolute Gasteiger partial charge is 0.507 e. The summed E-state index contributed by atoms with van der Waals surface area (Å²) >= 11 is 0. The Balaban J connectivity index is 1.86. The van der Waals surface area contributed by atoms with Crippen molar-refractivity contribution in [3.63, 3.8) is 0 Å². The zero-order valence-corrected chi connectivity index (χ0v) is 12.4. The van der Waals surface area contributed by atoms with E-state index in [1.807, 2.05) is 4.68 Å². The van der Waals surface area contributed by atoms with Gasteiger partial charge >= 0.3 is 6.36 Å². The van der Waals surface area contributed by atoms with Crippen LogP contribution >= 0.6 is 0 Å². The molecule has 3 rings (SSSR count). The maximum atomic E-state index is 12.3. The van der Waals surface area contributed by atoms with Gasteiger partial charge in [0.25, 0.3) is 0 Å². The van der Waals surface area contributed by atoms with Crippen molar-refractivity contribution in [1.29, 1.82) is 0 Å². The number of alkyl halides is 3. The first-order valence-electron chi connectivity index (χ1n) is 7.56. The Bertz CT molecular complexity index is 676. The summed E-state index contributed by atoms with van der Waals surface area (Å²) in [6, 6.07) is 3.76. The van der Waals surface area contributed by atoms with Crippen LogP contribution in [0.1, 0.15) is 38.1 Å². The molecule has 4 nitrogen and oxygen atoms in total. The van der Waals surface area contributed by atoms with Crippen LogP contribution in [0.25, 0.3) is 11.1 Å². The number of ether oxygens (including phenoxy) is 1.